The highest BCUT2D eigenvalue weighted by Crippen LogP contribution is 2.16. The Morgan fingerprint density at radius 3 is 2.60 bits per heavy atom. The highest BCUT2D eigenvalue weighted by Gasteiger charge is 2.24. The highest BCUT2D eigenvalue weighted by molar-refractivity contribution is 7.85. The van der Waals surface area contributed by atoms with Crippen molar-refractivity contribution >= 4 is 16.0 Å². The highest BCUT2D eigenvalue weighted by atomic mass is 32.2. The van der Waals surface area contributed by atoms with Gasteiger partial charge in [0.2, 0.25) is 0 Å². The normalized spacial score (nSPS) is 18.9. The maximum atomic E-state index is 13.2. The van der Waals surface area contributed by atoms with Crippen LogP contribution in [0.15, 0.2) is 22.6 Å². The third kappa shape index (κ3) is 2.02. The zero-order valence-corrected chi connectivity index (χ0v) is 8.09. The maximum absolute atomic E-state index is 13.2. The third-order valence-electron chi connectivity index (χ3n) is 1.81. The van der Waals surface area contributed by atoms with Crippen LogP contribution < -0.4 is 0 Å². The van der Waals surface area contributed by atoms with E-state index >= 15 is 0 Å². The summed E-state index contributed by atoms with van der Waals surface area (Å²) in [6.07, 6.45) is 0. The molecule has 1 aliphatic heterocycles. The predicted molar refractivity (Wildman–Crippen MR) is 47.8 cm³/mol. The van der Waals surface area contributed by atoms with Gasteiger partial charge in [-0.2, -0.15) is 8.42 Å². The lowest BCUT2D eigenvalue weighted by atomic mass is 10.1. The molecule has 0 N–H and O–H groups in total. The van der Waals surface area contributed by atoms with Crippen molar-refractivity contribution in [3.63, 3.8) is 0 Å². The topological polar surface area (TPSA) is 55.7 Å². The smallest absolute Gasteiger partial charge is 0.246 e. The molecule has 4 nitrogen and oxygen atoms in total. The van der Waals surface area contributed by atoms with Gasteiger partial charge in [-0.1, -0.05) is 0 Å². The summed E-state index contributed by atoms with van der Waals surface area (Å²) >= 11 is 0. The zero-order valence-electron chi connectivity index (χ0n) is 7.28. The van der Waals surface area contributed by atoms with Crippen LogP contribution in [0.4, 0.5) is 8.78 Å². The summed E-state index contributed by atoms with van der Waals surface area (Å²) < 4.78 is 54.8. The Kier molecular flexibility index (Phi) is 2.28. The van der Waals surface area contributed by atoms with Crippen molar-refractivity contribution in [2.45, 2.75) is 0 Å². The van der Waals surface area contributed by atoms with Crippen LogP contribution in [-0.2, 0) is 14.5 Å². The molecule has 0 saturated carbocycles. The second-order valence-corrected chi connectivity index (χ2v) is 4.13. The first-order valence-corrected chi connectivity index (χ1v) is 5.28. The van der Waals surface area contributed by atoms with Gasteiger partial charge >= 0.3 is 10.3 Å². The first-order chi connectivity index (χ1) is 6.98. The van der Waals surface area contributed by atoms with Gasteiger partial charge in [-0.3, -0.25) is 0 Å². The monoisotopic (exact) mass is 233 g/mol. The second kappa shape index (κ2) is 3.35. The summed E-state index contributed by atoms with van der Waals surface area (Å²) in [5.41, 5.74) is -0.134. The molecule has 0 fully saturated rings. The molecule has 80 valence electrons. The first kappa shape index (κ1) is 10.2. The maximum Gasteiger partial charge on any atom is 0.381 e. The molecule has 0 spiro atoms. The quantitative estimate of drug-likeness (QED) is 0.727. The van der Waals surface area contributed by atoms with E-state index in [2.05, 4.69) is 8.58 Å². The van der Waals surface area contributed by atoms with Crippen molar-refractivity contribution in [2.75, 3.05) is 6.61 Å². The van der Waals surface area contributed by atoms with Gasteiger partial charge in [-0.05, 0) is 12.1 Å². The van der Waals surface area contributed by atoms with Gasteiger partial charge in [0.1, 0.15) is 18.2 Å². The number of hydrogen-bond acceptors (Lipinski definition) is 3. The first-order valence-electron chi connectivity index (χ1n) is 3.91. The Balaban J connectivity index is 2.48. The lowest BCUT2D eigenvalue weighted by Gasteiger charge is -1.99. The summed E-state index contributed by atoms with van der Waals surface area (Å²) in [7, 11) is -3.94. The Bertz CT molecular complexity index is 539. The fourth-order valence-corrected chi connectivity index (χ4v) is 1.90. The average Bonchev–Trinajstić information content (AvgIpc) is 2.46. The summed E-state index contributed by atoms with van der Waals surface area (Å²) in [4.78, 5) is 0. The van der Waals surface area contributed by atoms with Gasteiger partial charge in [-0.15, -0.1) is 4.40 Å². The van der Waals surface area contributed by atoms with E-state index in [4.69, 9.17) is 0 Å². The summed E-state index contributed by atoms with van der Waals surface area (Å²) in [6, 6.07) is 2.79. The predicted octanol–water partition coefficient (Wildman–Crippen LogP) is 1.03. The van der Waals surface area contributed by atoms with E-state index in [1.165, 1.54) is 0 Å². The fourth-order valence-electron chi connectivity index (χ4n) is 1.17. The molecule has 2 rings (SSSR count). The number of benzene rings is 1. The van der Waals surface area contributed by atoms with E-state index in [1.54, 1.807) is 0 Å². The molecule has 0 radical (unpaired) electrons. The summed E-state index contributed by atoms with van der Waals surface area (Å²) in [5, 5.41) is 0. The Hall–Kier alpha value is -1.34. The van der Waals surface area contributed by atoms with E-state index in [9.17, 15) is 17.2 Å². The van der Waals surface area contributed by atoms with Gasteiger partial charge in [0, 0.05) is 11.6 Å². The molecule has 0 atom stereocenters. The molecule has 7 heteroatoms. The lowest BCUT2D eigenvalue weighted by molar-refractivity contribution is 0.381. The van der Waals surface area contributed by atoms with Crippen molar-refractivity contribution in [3.05, 3.63) is 35.4 Å². The van der Waals surface area contributed by atoms with Crippen LogP contribution in [0.2, 0.25) is 0 Å². The molecule has 0 saturated heterocycles. The molecule has 0 aliphatic carbocycles. The van der Waals surface area contributed by atoms with Crippen LogP contribution in [-0.4, -0.2) is 20.7 Å². The average molecular weight is 233 g/mol. The van der Waals surface area contributed by atoms with Crippen molar-refractivity contribution in [2.24, 2.45) is 4.40 Å². The van der Waals surface area contributed by atoms with Gasteiger partial charge in [0.25, 0.3) is 0 Å². The number of rotatable bonds is 1. The Labute approximate surface area is 84.5 Å². The van der Waals surface area contributed by atoms with E-state index < -0.39 is 21.9 Å². The number of halogens is 2. The largest absolute Gasteiger partial charge is 0.381 e. The van der Waals surface area contributed by atoms with Crippen LogP contribution >= 0.6 is 0 Å². The van der Waals surface area contributed by atoms with Crippen molar-refractivity contribution in [1.29, 1.82) is 0 Å². The van der Waals surface area contributed by atoms with E-state index in [-0.39, 0.29) is 17.9 Å². The second-order valence-electron chi connectivity index (χ2n) is 2.85. The minimum absolute atomic E-state index is 0.0625. The molecule has 1 aromatic rings. The third-order valence-corrected chi connectivity index (χ3v) is 2.67. The molecule has 1 aromatic carbocycles. The van der Waals surface area contributed by atoms with E-state index in [1.807, 2.05) is 0 Å². The minimum Gasteiger partial charge on any atom is -0.246 e. The fraction of sp³-hybridized carbons (Fsp3) is 0.125. The zero-order chi connectivity index (χ0) is 11.1. The van der Waals surface area contributed by atoms with Crippen LogP contribution in [0.3, 0.4) is 0 Å². The molecular weight excluding hydrogens is 228 g/mol. The van der Waals surface area contributed by atoms with Crippen molar-refractivity contribution in [3.8, 4) is 0 Å². The van der Waals surface area contributed by atoms with E-state index in [0.29, 0.717) is 6.07 Å². The molecule has 0 amide bonds. The SMILES string of the molecule is O=S1(=O)N=C(c2ccc(F)cc2F)CO1. The summed E-state index contributed by atoms with van der Waals surface area (Å²) in [6.45, 7) is -0.328. The number of nitrogens with zero attached hydrogens (tertiary/aromatic N) is 1. The molecule has 15 heavy (non-hydrogen) atoms. The Morgan fingerprint density at radius 2 is 2.07 bits per heavy atom. The number of hydrogen-bond donors (Lipinski definition) is 0. The molecule has 1 aliphatic rings. The van der Waals surface area contributed by atoms with Crippen LogP contribution in [0.5, 0.6) is 0 Å². The van der Waals surface area contributed by atoms with E-state index in [0.717, 1.165) is 12.1 Å². The molecule has 0 bridgehead atoms. The van der Waals surface area contributed by atoms with Gasteiger partial charge < -0.3 is 0 Å². The molecule has 0 unspecified atom stereocenters. The minimum atomic E-state index is -3.94. The van der Waals surface area contributed by atoms with Gasteiger partial charge in [0.15, 0.2) is 0 Å². The standard InChI is InChI=1S/C8H5F2NO3S/c9-5-1-2-6(7(10)3-5)8-4-14-15(12,13)11-8/h1-3H,4H2. The van der Waals surface area contributed by atoms with Crippen LogP contribution in [0.25, 0.3) is 0 Å². The lowest BCUT2D eigenvalue weighted by Crippen LogP contribution is -2.05. The van der Waals surface area contributed by atoms with Gasteiger partial charge in [-0.25, -0.2) is 13.0 Å². The van der Waals surface area contributed by atoms with Gasteiger partial charge in [0.05, 0.1) is 5.71 Å². The Morgan fingerprint density at radius 1 is 1.33 bits per heavy atom. The van der Waals surface area contributed by atoms with Crippen LogP contribution in [0.1, 0.15) is 5.56 Å². The van der Waals surface area contributed by atoms with Crippen molar-refractivity contribution in [1.82, 2.24) is 0 Å². The van der Waals surface area contributed by atoms with Crippen molar-refractivity contribution < 1.29 is 21.4 Å². The molecule has 0 aromatic heterocycles. The summed E-state index contributed by atoms with van der Waals surface area (Å²) in [5.74, 6) is -1.60. The molecule has 1 heterocycles. The molecular formula is C8H5F2NO3S. The van der Waals surface area contributed by atoms with Crippen LogP contribution in [0, 0.1) is 11.6 Å².